The Labute approximate surface area is 195 Å². The summed E-state index contributed by atoms with van der Waals surface area (Å²) in [7, 11) is 0. The molecule has 2 amide bonds. The molecule has 2 aromatic heterocycles. The monoisotopic (exact) mass is 490 g/mol. The lowest BCUT2D eigenvalue weighted by Gasteiger charge is -2.50. The van der Waals surface area contributed by atoms with Gasteiger partial charge in [0, 0.05) is 17.6 Å². The minimum Gasteiger partial charge on any atom is -0.543 e. The molecule has 3 atom stereocenters. The number of rotatable bonds is 8. The van der Waals surface area contributed by atoms with Gasteiger partial charge in [-0.25, -0.2) is 0 Å². The van der Waals surface area contributed by atoms with Crippen LogP contribution in [0.2, 0.25) is 0 Å². The first kappa shape index (κ1) is 22.6. The second kappa shape index (κ2) is 9.50. The number of carboxylic acid groups (broad SMARTS) is 1. The molecule has 3 N–H and O–H groups in total. The van der Waals surface area contributed by atoms with Gasteiger partial charge in [0.25, 0.3) is 11.8 Å². The number of carbonyl (C=O) groups is 3. The van der Waals surface area contributed by atoms with Crippen LogP contribution in [0.25, 0.3) is 0 Å². The molecule has 33 heavy (non-hydrogen) atoms. The number of nitrogens with two attached hydrogens (primary N) is 1. The standard InChI is InChI=1S/C18H18N8O5S2/c1-2-31-23-11(13-22-18(19)33-24-13)14(27)21-12-15(28)26-10(17(29)30)7-9(32-16(12)26)8-25-6-4-3-5-20-25/h3-7,9,12,16H,2,8H2,1H3,(H3-,19,21,22,24,27,29,30)/t9?,12?,16-/m1/s1. The first-order valence-electron chi connectivity index (χ1n) is 9.72. The van der Waals surface area contributed by atoms with E-state index in [-0.39, 0.29) is 34.2 Å². The van der Waals surface area contributed by atoms with Crippen LogP contribution < -0.4 is 20.8 Å². The fourth-order valence-corrected chi connectivity index (χ4v) is 5.16. The molecule has 2 unspecified atom stereocenters. The van der Waals surface area contributed by atoms with Gasteiger partial charge in [-0.2, -0.15) is 9.36 Å². The lowest BCUT2D eigenvalue weighted by molar-refractivity contribution is -0.752. The first-order chi connectivity index (χ1) is 15.9. The zero-order valence-electron chi connectivity index (χ0n) is 17.2. The zero-order valence-corrected chi connectivity index (χ0v) is 18.8. The number of nitrogens with one attached hydrogen (secondary N) is 1. The van der Waals surface area contributed by atoms with Crippen molar-refractivity contribution in [3.63, 3.8) is 0 Å². The van der Waals surface area contributed by atoms with E-state index in [1.165, 1.54) is 17.8 Å². The summed E-state index contributed by atoms with van der Waals surface area (Å²) in [6, 6.07) is 2.56. The number of carboxylic acids is 1. The highest BCUT2D eigenvalue weighted by atomic mass is 32.2. The average Bonchev–Trinajstić information content (AvgIpc) is 3.23. The van der Waals surface area contributed by atoms with Gasteiger partial charge < -0.3 is 25.8 Å². The van der Waals surface area contributed by atoms with E-state index in [1.807, 2.05) is 0 Å². The van der Waals surface area contributed by atoms with E-state index in [0.717, 1.165) is 16.4 Å². The predicted octanol–water partition coefficient (Wildman–Crippen LogP) is -2.35. The van der Waals surface area contributed by atoms with Gasteiger partial charge in [0.05, 0.1) is 23.1 Å². The van der Waals surface area contributed by atoms with E-state index in [2.05, 4.69) is 24.9 Å². The smallest absolute Gasteiger partial charge is 0.278 e. The number of hydrogen-bond acceptors (Lipinski definition) is 12. The SMILES string of the molecule is CCON=C(C(=O)NC1C(=O)N2C(C(=O)[O-])=CC(C[n+]3ccccn3)S[C@H]12)c1nsc(N)n1. The van der Waals surface area contributed by atoms with Gasteiger partial charge in [-0.15, -0.1) is 11.8 Å². The van der Waals surface area contributed by atoms with E-state index in [1.54, 1.807) is 36.1 Å². The molecule has 172 valence electrons. The quantitative estimate of drug-likeness (QED) is 0.176. The third-order valence-electron chi connectivity index (χ3n) is 4.65. The van der Waals surface area contributed by atoms with E-state index in [9.17, 15) is 19.5 Å². The Bertz CT molecular complexity index is 1140. The number of aromatic nitrogens is 4. The third kappa shape index (κ3) is 4.63. The Morgan fingerprint density at radius 2 is 2.24 bits per heavy atom. The number of hydrogen-bond donors (Lipinski definition) is 2. The maximum Gasteiger partial charge on any atom is 0.278 e. The molecule has 4 heterocycles. The molecule has 0 bridgehead atoms. The van der Waals surface area contributed by atoms with Crippen LogP contribution in [0, 0.1) is 0 Å². The molecule has 15 heteroatoms. The van der Waals surface area contributed by atoms with Crippen molar-refractivity contribution in [3.8, 4) is 0 Å². The maximum absolute atomic E-state index is 12.9. The molecule has 4 rings (SSSR count). The van der Waals surface area contributed by atoms with E-state index >= 15 is 0 Å². The fourth-order valence-electron chi connectivity index (χ4n) is 3.24. The molecule has 13 nitrogen and oxygen atoms in total. The third-order valence-corrected chi connectivity index (χ3v) is 6.59. The summed E-state index contributed by atoms with van der Waals surface area (Å²) in [6.45, 7) is 2.24. The summed E-state index contributed by atoms with van der Waals surface area (Å²) in [5.74, 6) is -2.85. The number of carbonyl (C=O) groups excluding carboxylic acids is 3. The van der Waals surface area contributed by atoms with Gasteiger partial charge in [0.2, 0.25) is 11.5 Å². The molecule has 2 aliphatic rings. The van der Waals surface area contributed by atoms with Crippen LogP contribution in [0.5, 0.6) is 0 Å². The Balaban J connectivity index is 1.53. The highest BCUT2D eigenvalue weighted by molar-refractivity contribution is 8.00. The molecule has 1 saturated heterocycles. The van der Waals surface area contributed by atoms with Crippen LogP contribution in [0.1, 0.15) is 12.7 Å². The predicted molar refractivity (Wildman–Crippen MR) is 114 cm³/mol. The minimum atomic E-state index is -1.48. The van der Waals surface area contributed by atoms with Crippen LogP contribution in [0.4, 0.5) is 5.13 Å². The topological polar surface area (TPSA) is 180 Å². The summed E-state index contributed by atoms with van der Waals surface area (Å²) < 4.78 is 5.61. The second-order valence-electron chi connectivity index (χ2n) is 6.80. The molecule has 0 radical (unpaired) electrons. The molecule has 0 aliphatic carbocycles. The maximum atomic E-state index is 12.9. The number of nitrogen functional groups attached to an aromatic ring is 1. The molecular weight excluding hydrogens is 472 g/mol. The fraction of sp³-hybridized carbons (Fsp3) is 0.333. The van der Waals surface area contributed by atoms with Crippen molar-refractivity contribution in [3.05, 3.63) is 42.1 Å². The van der Waals surface area contributed by atoms with Gasteiger partial charge in [-0.05, 0) is 24.2 Å². The van der Waals surface area contributed by atoms with Gasteiger partial charge >= 0.3 is 0 Å². The Kier molecular flexibility index (Phi) is 6.50. The van der Waals surface area contributed by atoms with Crippen LogP contribution in [0.3, 0.4) is 0 Å². The van der Waals surface area contributed by atoms with Gasteiger partial charge in [-0.3, -0.25) is 14.5 Å². The Morgan fingerprint density at radius 3 is 2.88 bits per heavy atom. The average molecular weight is 491 g/mol. The molecule has 2 aromatic rings. The molecule has 0 saturated carbocycles. The van der Waals surface area contributed by atoms with Crippen molar-refractivity contribution < 1.29 is 29.0 Å². The van der Waals surface area contributed by atoms with Crippen molar-refractivity contribution in [2.45, 2.75) is 30.1 Å². The number of thioether (sulfide) groups is 1. The lowest BCUT2D eigenvalue weighted by Crippen LogP contribution is -2.72. The minimum absolute atomic E-state index is 0.0388. The van der Waals surface area contributed by atoms with Crippen molar-refractivity contribution in [2.75, 3.05) is 12.3 Å². The van der Waals surface area contributed by atoms with Gasteiger partial charge in [-0.1, -0.05) is 9.84 Å². The summed E-state index contributed by atoms with van der Waals surface area (Å²) in [4.78, 5) is 47.3. The number of nitrogens with zero attached hydrogens (tertiary/aromatic N) is 6. The van der Waals surface area contributed by atoms with Crippen molar-refractivity contribution >= 4 is 51.9 Å². The van der Waals surface area contributed by atoms with Gasteiger partial charge in [0.1, 0.15) is 18.0 Å². The number of amides is 2. The molecule has 0 spiro atoms. The Hall–Kier alpha value is -3.59. The van der Waals surface area contributed by atoms with Crippen LogP contribution >= 0.6 is 23.3 Å². The number of oxime groups is 1. The second-order valence-corrected chi connectivity index (χ2v) is 8.94. The normalized spacial score (nSPS) is 22.2. The molecule has 1 fully saturated rings. The number of β-lactam (4-membered cyclic amide) rings is 1. The summed E-state index contributed by atoms with van der Waals surface area (Å²) in [5, 5.41) is 21.3. The first-order valence-corrected chi connectivity index (χ1v) is 11.4. The van der Waals surface area contributed by atoms with E-state index < -0.39 is 29.2 Å². The molecule has 0 aromatic carbocycles. The van der Waals surface area contributed by atoms with Crippen LogP contribution in [0.15, 0.2) is 41.5 Å². The number of aliphatic carboxylic acids is 1. The van der Waals surface area contributed by atoms with Crippen LogP contribution in [-0.4, -0.2) is 66.1 Å². The Morgan fingerprint density at radius 1 is 1.42 bits per heavy atom. The van der Waals surface area contributed by atoms with Crippen molar-refractivity contribution in [1.82, 2.24) is 24.7 Å². The van der Waals surface area contributed by atoms with Crippen molar-refractivity contribution in [2.24, 2.45) is 5.16 Å². The summed E-state index contributed by atoms with van der Waals surface area (Å²) >= 11 is 2.20. The molecule has 2 aliphatic heterocycles. The summed E-state index contributed by atoms with van der Waals surface area (Å²) in [6.07, 6.45) is 4.81. The number of fused-ring (bicyclic) bond motifs is 1. The van der Waals surface area contributed by atoms with Crippen molar-refractivity contribution in [1.29, 1.82) is 0 Å². The summed E-state index contributed by atoms with van der Waals surface area (Å²) in [5.41, 5.74) is 5.11. The van der Waals surface area contributed by atoms with Gasteiger partial charge in [0.15, 0.2) is 17.9 Å². The largest absolute Gasteiger partial charge is 0.543 e. The highest BCUT2D eigenvalue weighted by Gasteiger charge is 2.54. The number of anilines is 1. The van der Waals surface area contributed by atoms with E-state index in [4.69, 9.17) is 10.6 Å². The highest BCUT2D eigenvalue weighted by Crippen LogP contribution is 2.40. The lowest BCUT2D eigenvalue weighted by atomic mass is 10.0. The molecular formula is C18H18N8O5S2. The zero-order chi connectivity index (χ0) is 23.5. The van der Waals surface area contributed by atoms with E-state index in [0.29, 0.717) is 6.54 Å². The van der Waals surface area contributed by atoms with Crippen LogP contribution in [-0.2, 0) is 25.8 Å².